The Labute approximate surface area is 118 Å². The molecule has 1 aromatic rings. The molecule has 0 spiro atoms. The number of nitro benzene ring substituents is 1. The predicted molar refractivity (Wildman–Crippen MR) is 77.0 cm³/mol. The van der Waals surface area contributed by atoms with Crippen molar-refractivity contribution in [3.63, 3.8) is 0 Å². The standard InChI is InChI=1S/C13H18N2O4P/c1-10(14-5-7-20(18)8-6-14)11-3-4-12(15(16)17)13(9-11)19-2/h3-4,9-10H,5-8H2,1-2H3/q+1. The quantitative estimate of drug-likeness (QED) is 0.485. The number of rotatable bonds is 4. The molecule has 0 saturated carbocycles. The Morgan fingerprint density at radius 3 is 2.60 bits per heavy atom. The summed E-state index contributed by atoms with van der Waals surface area (Å²) in [4.78, 5) is 12.7. The second kappa shape index (κ2) is 6.29. The molecule has 0 bridgehead atoms. The minimum absolute atomic E-state index is 0.0230. The van der Waals surface area contributed by atoms with Gasteiger partial charge in [-0.25, -0.2) is 0 Å². The van der Waals surface area contributed by atoms with Crippen LogP contribution in [0, 0.1) is 10.1 Å². The predicted octanol–water partition coefficient (Wildman–Crippen LogP) is 2.81. The second-order valence-electron chi connectivity index (χ2n) is 4.83. The van der Waals surface area contributed by atoms with Crippen molar-refractivity contribution >= 4 is 13.5 Å². The smallest absolute Gasteiger partial charge is 0.341 e. The summed E-state index contributed by atoms with van der Waals surface area (Å²) >= 11 is 0. The van der Waals surface area contributed by atoms with E-state index in [1.54, 1.807) is 12.1 Å². The van der Waals surface area contributed by atoms with Gasteiger partial charge in [-0.1, -0.05) is 10.6 Å². The zero-order chi connectivity index (χ0) is 14.7. The molecule has 6 nitrogen and oxygen atoms in total. The highest BCUT2D eigenvalue weighted by Gasteiger charge is 2.29. The van der Waals surface area contributed by atoms with Gasteiger partial charge in [0.1, 0.15) is 0 Å². The van der Waals surface area contributed by atoms with Crippen LogP contribution in [0.25, 0.3) is 0 Å². The third-order valence-corrected chi connectivity index (χ3v) is 5.10. The first kappa shape index (κ1) is 14.9. The minimum atomic E-state index is -1.04. The average Bonchev–Trinajstić information content (AvgIpc) is 2.46. The Morgan fingerprint density at radius 2 is 2.05 bits per heavy atom. The molecule has 1 atom stereocenters. The number of benzene rings is 1. The summed E-state index contributed by atoms with van der Waals surface area (Å²) in [5.41, 5.74) is 0.953. The third kappa shape index (κ3) is 3.14. The molecule has 1 saturated heterocycles. The molecule has 2 rings (SSSR count). The van der Waals surface area contributed by atoms with E-state index in [1.807, 2.05) is 0 Å². The Bertz CT molecular complexity index is 525. The van der Waals surface area contributed by atoms with Crippen molar-refractivity contribution in [3.8, 4) is 5.75 Å². The Balaban J connectivity index is 2.20. The largest absolute Gasteiger partial charge is 0.490 e. The summed E-state index contributed by atoms with van der Waals surface area (Å²) in [6.07, 6.45) is 1.45. The molecular formula is C13H18N2O4P+. The molecule has 1 fully saturated rings. The highest BCUT2D eigenvalue weighted by Crippen LogP contribution is 2.34. The molecule has 0 amide bonds. The monoisotopic (exact) mass is 297 g/mol. The van der Waals surface area contributed by atoms with E-state index in [0.717, 1.165) is 31.0 Å². The zero-order valence-corrected chi connectivity index (χ0v) is 12.5. The van der Waals surface area contributed by atoms with E-state index in [9.17, 15) is 14.7 Å². The van der Waals surface area contributed by atoms with Gasteiger partial charge in [-0.15, -0.1) is 0 Å². The van der Waals surface area contributed by atoms with Crippen LogP contribution in [0.5, 0.6) is 5.75 Å². The van der Waals surface area contributed by atoms with E-state index in [1.165, 1.54) is 13.2 Å². The van der Waals surface area contributed by atoms with Crippen LogP contribution in [0.3, 0.4) is 0 Å². The molecule has 0 aliphatic carbocycles. The zero-order valence-electron chi connectivity index (χ0n) is 11.6. The van der Waals surface area contributed by atoms with Gasteiger partial charge in [-0.3, -0.25) is 15.0 Å². The molecule has 0 N–H and O–H groups in total. The number of hydrogen-bond donors (Lipinski definition) is 0. The number of nitro groups is 1. The van der Waals surface area contributed by atoms with Crippen LogP contribution in [-0.2, 0) is 4.57 Å². The van der Waals surface area contributed by atoms with Crippen LogP contribution in [0.2, 0.25) is 0 Å². The van der Waals surface area contributed by atoms with Gasteiger partial charge in [-0.2, -0.15) is 0 Å². The molecule has 0 radical (unpaired) electrons. The van der Waals surface area contributed by atoms with E-state index >= 15 is 0 Å². The fourth-order valence-corrected chi connectivity index (χ4v) is 3.59. The maximum absolute atomic E-state index is 11.4. The highest BCUT2D eigenvalue weighted by atomic mass is 31.1. The Hall–Kier alpha value is -1.52. The van der Waals surface area contributed by atoms with Crippen molar-refractivity contribution < 1.29 is 14.2 Å². The van der Waals surface area contributed by atoms with Crippen LogP contribution < -0.4 is 4.74 Å². The van der Waals surface area contributed by atoms with Crippen LogP contribution in [0.4, 0.5) is 5.69 Å². The summed E-state index contributed by atoms with van der Waals surface area (Å²) in [5, 5.41) is 10.9. The minimum Gasteiger partial charge on any atom is -0.490 e. The summed E-state index contributed by atoms with van der Waals surface area (Å²) in [6, 6.07) is 5.10. The topological polar surface area (TPSA) is 72.7 Å². The molecule has 7 heteroatoms. The normalized spacial score (nSPS) is 17.8. The van der Waals surface area contributed by atoms with Crippen LogP contribution in [0.1, 0.15) is 18.5 Å². The van der Waals surface area contributed by atoms with E-state index in [2.05, 4.69) is 11.8 Å². The molecule has 1 unspecified atom stereocenters. The summed E-state index contributed by atoms with van der Waals surface area (Å²) in [6.45, 7) is 3.66. The first-order valence-corrected chi connectivity index (χ1v) is 8.14. The maximum Gasteiger partial charge on any atom is 0.341 e. The van der Waals surface area contributed by atoms with Gasteiger partial charge in [0.2, 0.25) is 0 Å². The van der Waals surface area contributed by atoms with Gasteiger partial charge >= 0.3 is 13.5 Å². The number of hydrogen-bond acceptors (Lipinski definition) is 5. The molecule has 108 valence electrons. The molecule has 1 aliphatic rings. The molecule has 1 heterocycles. The van der Waals surface area contributed by atoms with Gasteiger partial charge in [0.25, 0.3) is 0 Å². The summed E-state index contributed by atoms with van der Waals surface area (Å²) in [5.74, 6) is 0.280. The van der Waals surface area contributed by atoms with Crippen LogP contribution in [-0.4, -0.2) is 42.3 Å². The van der Waals surface area contributed by atoms with Gasteiger partial charge in [0, 0.05) is 25.2 Å². The Kier molecular flexibility index (Phi) is 4.68. The lowest BCUT2D eigenvalue weighted by molar-refractivity contribution is -0.385. The molecule has 1 aliphatic heterocycles. The molecule has 20 heavy (non-hydrogen) atoms. The average molecular weight is 297 g/mol. The lowest BCUT2D eigenvalue weighted by Crippen LogP contribution is -2.34. The second-order valence-corrected chi connectivity index (χ2v) is 6.69. The maximum atomic E-state index is 11.4. The van der Waals surface area contributed by atoms with E-state index in [-0.39, 0.29) is 17.5 Å². The van der Waals surface area contributed by atoms with Crippen molar-refractivity contribution in [3.05, 3.63) is 33.9 Å². The summed E-state index contributed by atoms with van der Waals surface area (Å²) in [7, 11) is 0.392. The van der Waals surface area contributed by atoms with Crippen molar-refractivity contribution in [2.75, 3.05) is 32.5 Å². The molecule has 1 aromatic carbocycles. The highest BCUT2D eigenvalue weighted by molar-refractivity contribution is 7.44. The molecular weight excluding hydrogens is 279 g/mol. The fourth-order valence-electron chi connectivity index (χ4n) is 2.41. The van der Waals surface area contributed by atoms with Gasteiger partial charge in [-0.05, 0) is 18.6 Å². The van der Waals surface area contributed by atoms with Crippen molar-refractivity contribution in [1.82, 2.24) is 4.90 Å². The number of ether oxygens (including phenoxy) is 1. The lowest BCUT2D eigenvalue weighted by atomic mass is 10.1. The fraction of sp³-hybridized carbons (Fsp3) is 0.538. The SMILES string of the molecule is COc1cc(C(C)N2CC[P+](=O)CC2)ccc1[N+](=O)[O-]. The van der Waals surface area contributed by atoms with Crippen molar-refractivity contribution in [2.24, 2.45) is 0 Å². The van der Waals surface area contributed by atoms with Crippen molar-refractivity contribution in [1.29, 1.82) is 0 Å². The van der Waals surface area contributed by atoms with Crippen LogP contribution >= 0.6 is 7.80 Å². The first-order valence-electron chi connectivity index (χ1n) is 6.51. The summed E-state index contributed by atoms with van der Waals surface area (Å²) < 4.78 is 16.5. The van der Waals surface area contributed by atoms with E-state index in [0.29, 0.717) is 0 Å². The number of nitrogens with zero attached hydrogens (tertiary/aromatic N) is 2. The van der Waals surface area contributed by atoms with E-state index in [4.69, 9.17) is 4.74 Å². The van der Waals surface area contributed by atoms with Crippen molar-refractivity contribution in [2.45, 2.75) is 13.0 Å². The van der Waals surface area contributed by atoms with Crippen LogP contribution in [0.15, 0.2) is 18.2 Å². The van der Waals surface area contributed by atoms with Gasteiger partial charge < -0.3 is 4.74 Å². The first-order chi connectivity index (χ1) is 9.52. The van der Waals surface area contributed by atoms with E-state index < -0.39 is 12.7 Å². The molecule has 0 aromatic heterocycles. The number of methoxy groups -OCH3 is 1. The van der Waals surface area contributed by atoms with Gasteiger partial charge in [0.05, 0.1) is 12.0 Å². The third-order valence-electron chi connectivity index (χ3n) is 3.70. The Morgan fingerprint density at radius 1 is 1.40 bits per heavy atom. The van der Waals surface area contributed by atoms with Gasteiger partial charge in [0.15, 0.2) is 18.1 Å². The lowest BCUT2D eigenvalue weighted by Gasteiger charge is -2.29.